The molecule has 0 aliphatic rings. The molecule has 5 heteroatoms. The van der Waals surface area contributed by atoms with E-state index in [9.17, 15) is 0 Å². The maximum absolute atomic E-state index is 5.98. The molecule has 0 spiro atoms. The first-order valence-corrected chi connectivity index (χ1v) is 6.28. The van der Waals surface area contributed by atoms with E-state index in [0.717, 1.165) is 22.3 Å². The van der Waals surface area contributed by atoms with E-state index in [-0.39, 0.29) is 6.04 Å². The van der Waals surface area contributed by atoms with Crippen LogP contribution in [-0.4, -0.2) is 17.2 Å². The summed E-state index contributed by atoms with van der Waals surface area (Å²) in [5.74, 6) is 0.827. The van der Waals surface area contributed by atoms with Gasteiger partial charge in [0.25, 0.3) is 0 Å². The van der Waals surface area contributed by atoms with Crippen LogP contribution in [0.4, 0.5) is 0 Å². The lowest BCUT2D eigenvalue weighted by Gasteiger charge is -2.12. The number of nitrogens with zero attached hydrogens (tertiary/aromatic N) is 2. The first-order chi connectivity index (χ1) is 9.28. The van der Waals surface area contributed by atoms with E-state index in [2.05, 4.69) is 15.5 Å². The van der Waals surface area contributed by atoms with Gasteiger partial charge in [0.2, 0.25) is 0 Å². The van der Waals surface area contributed by atoms with Crippen molar-refractivity contribution in [2.24, 2.45) is 0 Å². The first-order valence-electron chi connectivity index (χ1n) is 5.91. The molecule has 0 aliphatic heterocycles. The second kappa shape index (κ2) is 4.99. The summed E-state index contributed by atoms with van der Waals surface area (Å²) >= 11 is 5.98. The third-order valence-corrected chi connectivity index (χ3v) is 3.25. The van der Waals surface area contributed by atoms with Gasteiger partial charge in [-0.2, -0.15) is 10.2 Å². The summed E-state index contributed by atoms with van der Waals surface area (Å²) in [6.07, 6.45) is 3.39. The molecule has 96 valence electrons. The Morgan fingerprint density at radius 3 is 2.84 bits per heavy atom. The van der Waals surface area contributed by atoms with Crippen molar-refractivity contribution in [1.82, 2.24) is 15.5 Å². The van der Waals surface area contributed by atoms with Gasteiger partial charge in [0.1, 0.15) is 11.3 Å². The standard InChI is InChI=1S/C14H12ClN3O/c1-16-14(9-4-5-17-18-8-9)13-7-10-6-11(15)2-3-12(10)19-13/h2-8,14,16H,1H3. The van der Waals surface area contributed by atoms with E-state index in [0.29, 0.717) is 5.02 Å². The number of rotatable bonds is 3. The molecule has 0 aliphatic carbocycles. The van der Waals surface area contributed by atoms with Gasteiger partial charge in [-0.05, 0) is 42.9 Å². The Labute approximate surface area is 115 Å². The SMILES string of the molecule is CNC(c1ccnnc1)c1cc2cc(Cl)ccc2o1. The zero-order valence-corrected chi connectivity index (χ0v) is 11.1. The van der Waals surface area contributed by atoms with Crippen molar-refractivity contribution >= 4 is 22.6 Å². The molecule has 2 aromatic heterocycles. The maximum Gasteiger partial charge on any atom is 0.134 e. The van der Waals surface area contributed by atoms with E-state index >= 15 is 0 Å². The quantitative estimate of drug-likeness (QED) is 0.796. The molecule has 1 N–H and O–H groups in total. The van der Waals surface area contributed by atoms with Crippen molar-refractivity contribution in [3.8, 4) is 0 Å². The highest BCUT2D eigenvalue weighted by atomic mass is 35.5. The molecule has 0 fully saturated rings. The van der Waals surface area contributed by atoms with E-state index in [1.807, 2.05) is 37.4 Å². The van der Waals surface area contributed by atoms with Gasteiger partial charge >= 0.3 is 0 Å². The van der Waals surface area contributed by atoms with Crippen LogP contribution in [0, 0.1) is 0 Å². The van der Waals surface area contributed by atoms with Gasteiger partial charge in [-0.1, -0.05) is 11.6 Å². The molecule has 1 atom stereocenters. The summed E-state index contributed by atoms with van der Waals surface area (Å²) in [6, 6.07) is 9.43. The lowest BCUT2D eigenvalue weighted by Crippen LogP contribution is -2.17. The van der Waals surface area contributed by atoms with Crippen LogP contribution in [0.25, 0.3) is 11.0 Å². The van der Waals surface area contributed by atoms with Gasteiger partial charge in [-0.25, -0.2) is 0 Å². The van der Waals surface area contributed by atoms with Gasteiger partial charge in [0, 0.05) is 16.6 Å². The molecule has 1 unspecified atom stereocenters. The minimum atomic E-state index is -0.0540. The van der Waals surface area contributed by atoms with E-state index < -0.39 is 0 Å². The molecule has 4 nitrogen and oxygen atoms in total. The summed E-state index contributed by atoms with van der Waals surface area (Å²) in [7, 11) is 1.88. The average Bonchev–Trinajstić information content (AvgIpc) is 2.83. The largest absolute Gasteiger partial charge is 0.459 e. The van der Waals surface area contributed by atoms with Crippen molar-refractivity contribution in [3.63, 3.8) is 0 Å². The van der Waals surface area contributed by atoms with Crippen LogP contribution >= 0.6 is 11.6 Å². The number of nitrogens with one attached hydrogen (secondary N) is 1. The zero-order valence-electron chi connectivity index (χ0n) is 10.3. The number of furan rings is 1. The molecule has 19 heavy (non-hydrogen) atoms. The predicted molar refractivity (Wildman–Crippen MR) is 74.2 cm³/mol. The summed E-state index contributed by atoms with van der Waals surface area (Å²) in [5, 5.41) is 12.6. The Balaban J connectivity index is 2.07. The van der Waals surface area contributed by atoms with Crippen LogP contribution in [0.2, 0.25) is 5.02 Å². The molecule has 0 saturated carbocycles. The fourth-order valence-electron chi connectivity index (χ4n) is 2.12. The number of halogens is 1. The highest BCUT2D eigenvalue weighted by molar-refractivity contribution is 6.31. The Morgan fingerprint density at radius 2 is 2.11 bits per heavy atom. The van der Waals surface area contributed by atoms with Crippen molar-refractivity contribution in [1.29, 1.82) is 0 Å². The second-order valence-electron chi connectivity index (χ2n) is 4.23. The van der Waals surface area contributed by atoms with Gasteiger partial charge in [-0.15, -0.1) is 0 Å². The number of hydrogen-bond acceptors (Lipinski definition) is 4. The molecule has 0 radical (unpaired) electrons. The number of fused-ring (bicyclic) bond motifs is 1. The summed E-state index contributed by atoms with van der Waals surface area (Å²) in [5.41, 5.74) is 1.82. The molecular weight excluding hydrogens is 262 g/mol. The molecule has 0 bridgehead atoms. The van der Waals surface area contributed by atoms with Gasteiger partial charge in [0.15, 0.2) is 0 Å². The van der Waals surface area contributed by atoms with Crippen LogP contribution < -0.4 is 5.32 Å². The fraction of sp³-hybridized carbons (Fsp3) is 0.143. The van der Waals surface area contributed by atoms with Crippen molar-refractivity contribution in [3.05, 3.63) is 59.1 Å². The Morgan fingerprint density at radius 1 is 1.21 bits per heavy atom. The Kier molecular flexibility index (Phi) is 3.19. The molecular formula is C14H12ClN3O. The summed E-state index contributed by atoms with van der Waals surface area (Å²) in [6.45, 7) is 0. The third-order valence-electron chi connectivity index (χ3n) is 3.01. The van der Waals surface area contributed by atoms with Crippen LogP contribution in [-0.2, 0) is 0 Å². The lowest BCUT2D eigenvalue weighted by molar-refractivity contribution is 0.490. The molecule has 3 aromatic rings. The molecule has 0 amide bonds. The number of benzene rings is 1. The molecule has 0 saturated heterocycles. The smallest absolute Gasteiger partial charge is 0.134 e. The molecule has 3 rings (SSSR count). The number of aromatic nitrogens is 2. The minimum Gasteiger partial charge on any atom is -0.459 e. The van der Waals surface area contributed by atoms with Crippen LogP contribution in [0.5, 0.6) is 0 Å². The molecule has 1 aromatic carbocycles. The predicted octanol–water partition coefficient (Wildman–Crippen LogP) is 3.19. The van der Waals surface area contributed by atoms with Crippen LogP contribution in [0.3, 0.4) is 0 Å². The minimum absolute atomic E-state index is 0.0540. The second-order valence-corrected chi connectivity index (χ2v) is 4.66. The molecule has 2 heterocycles. The van der Waals surface area contributed by atoms with Gasteiger partial charge < -0.3 is 9.73 Å². The van der Waals surface area contributed by atoms with Crippen molar-refractivity contribution in [2.75, 3.05) is 7.05 Å². The summed E-state index contributed by atoms with van der Waals surface area (Å²) < 4.78 is 5.86. The van der Waals surface area contributed by atoms with Crippen LogP contribution in [0.1, 0.15) is 17.4 Å². The Hall–Kier alpha value is -1.91. The van der Waals surface area contributed by atoms with E-state index in [1.54, 1.807) is 12.4 Å². The van der Waals surface area contributed by atoms with E-state index in [4.69, 9.17) is 16.0 Å². The van der Waals surface area contributed by atoms with Crippen molar-refractivity contribution in [2.45, 2.75) is 6.04 Å². The normalized spacial score (nSPS) is 12.7. The highest BCUT2D eigenvalue weighted by Crippen LogP contribution is 2.29. The zero-order chi connectivity index (χ0) is 13.2. The summed E-state index contributed by atoms with van der Waals surface area (Å²) in [4.78, 5) is 0. The monoisotopic (exact) mass is 273 g/mol. The van der Waals surface area contributed by atoms with Gasteiger partial charge in [0.05, 0.1) is 12.2 Å². The number of hydrogen-bond donors (Lipinski definition) is 1. The van der Waals surface area contributed by atoms with Crippen LogP contribution in [0.15, 0.2) is 47.1 Å². The van der Waals surface area contributed by atoms with Gasteiger partial charge in [-0.3, -0.25) is 0 Å². The fourth-order valence-corrected chi connectivity index (χ4v) is 2.30. The lowest BCUT2D eigenvalue weighted by atomic mass is 10.1. The first kappa shape index (κ1) is 12.1. The average molecular weight is 274 g/mol. The third kappa shape index (κ3) is 2.32. The van der Waals surface area contributed by atoms with E-state index in [1.165, 1.54) is 0 Å². The topological polar surface area (TPSA) is 51.0 Å². The Bertz CT molecular complexity index is 696. The van der Waals surface area contributed by atoms with Crippen molar-refractivity contribution < 1.29 is 4.42 Å². The highest BCUT2D eigenvalue weighted by Gasteiger charge is 2.17. The maximum atomic E-state index is 5.98.